The van der Waals surface area contributed by atoms with Crippen LogP contribution in [-0.2, 0) is 38.4 Å². The fourth-order valence-electron chi connectivity index (χ4n) is 6.13. The number of H-pyrrole nitrogens is 2. The average molecular weight is 621 g/mol. The zero-order chi connectivity index (χ0) is 33.3. The quantitative estimate of drug-likeness (QED) is 0.177. The maximum Gasteiger partial charge on any atom is 0.303 e. The van der Waals surface area contributed by atoms with E-state index in [1.807, 2.05) is 13.8 Å². The van der Waals surface area contributed by atoms with Crippen LogP contribution in [0.15, 0.2) is 33.7 Å². The Balaban J connectivity index is 1.80. The number of aromatic nitrogens is 2. The number of carboxylic acids is 2. The van der Waals surface area contributed by atoms with E-state index in [4.69, 9.17) is 0 Å². The van der Waals surface area contributed by atoms with Gasteiger partial charge >= 0.3 is 11.9 Å². The molecule has 2 aromatic rings. The van der Waals surface area contributed by atoms with Crippen molar-refractivity contribution >= 4 is 35.9 Å². The number of aliphatic hydroxyl groups is 2. The van der Waals surface area contributed by atoms with Crippen molar-refractivity contribution in [2.24, 2.45) is 0 Å². The van der Waals surface area contributed by atoms with Crippen LogP contribution in [0.5, 0.6) is 0 Å². The van der Waals surface area contributed by atoms with Crippen LogP contribution in [-0.4, -0.2) is 66.4 Å². The number of carbonyl (C=O) groups excluding carboxylic acids is 2. The molecule has 240 valence electrons. The van der Waals surface area contributed by atoms with Gasteiger partial charge in [0.25, 0.3) is 11.8 Å². The SMILES string of the molecule is CC1=C(C(C)O)C(=O)N/C1=C\c1[nH]c(Cc2[nH]c(/C=C3\NC(=O)C(C(C)O)=C3C)c(C)c2CCC(=O)O)c(CCC(=O)O)c1C. The molecule has 8 N–H and O–H groups in total. The van der Waals surface area contributed by atoms with Crippen LogP contribution in [0.3, 0.4) is 0 Å². The Kier molecular flexibility index (Phi) is 9.69. The summed E-state index contributed by atoms with van der Waals surface area (Å²) in [4.78, 5) is 54.8. The third-order valence-electron chi connectivity index (χ3n) is 8.56. The molecule has 0 spiro atoms. The van der Waals surface area contributed by atoms with E-state index in [0.717, 1.165) is 33.6 Å². The fraction of sp³-hybridized carbons (Fsp3) is 0.394. The molecule has 4 rings (SSSR count). The number of hydrogen-bond acceptors (Lipinski definition) is 6. The molecule has 0 radical (unpaired) electrons. The predicted molar refractivity (Wildman–Crippen MR) is 167 cm³/mol. The highest BCUT2D eigenvalue weighted by Gasteiger charge is 2.29. The molecule has 2 atom stereocenters. The van der Waals surface area contributed by atoms with Gasteiger partial charge in [0.05, 0.1) is 23.4 Å². The highest BCUT2D eigenvalue weighted by atomic mass is 16.4. The molecule has 0 saturated heterocycles. The zero-order valence-corrected chi connectivity index (χ0v) is 26.3. The van der Waals surface area contributed by atoms with E-state index < -0.39 is 24.1 Å². The van der Waals surface area contributed by atoms with E-state index in [1.165, 1.54) is 13.8 Å². The van der Waals surface area contributed by atoms with E-state index in [9.17, 15) is 39.6 Å². The third-order valence-corrected chi connectivity index (χ3v) is 8.56. The van der Waals surface area contributed by atoms with E-state index in [2.05, 4.69) is 20.6 Å². The van der Waals surface area contributed by atoms with Crippen LogP contribution < -0.4 is 10.6 Å². The molecule has 45 heavy (non-hydrogen) atoms. The van der Waals surface area contributed by atoms with Crippen molar-refractivity contribution in [2.75, 3.05) is 0 Å². The van der Waals surface area contributed by atoms with Crippen molar-refractivity contribution in [3.05, 3.63) is 78.7 Å². The van der Waals surface area contributed by atoms with Crippen molar-refractivity contribution < 1.29 is 39.6 Å². The van der Waals surface area contributed by atoms with Crippen molar-refractivity contribution in [3.63, 3.8) is 0 Å². The Morgan fingerprint density at radius 2 is 1.04 bits per heavy atom. The molecule has 2 aliphatic heterocycles. The number of nitrogens with one attached hydrogen (secondary N) is 4. The summed E-state index contributed by atoms with van der Waals surface area (Å²) in [5.74, 6) is -2.65. The smallest absolute Gasteiger partial charge is 0.303 e. The molecule has 2 amide bonds. The average Bonchev–Trinajstić information content (AvgIpc) is 3.58. The van der Waals surface area contributed by atoms with Crippen LogP contribution >= 0.6 is 0 Å². The van der Waals surface area contributed by atoms with E-state index in [0.29, 0.717) is 40.3 Å². The molecule has 2 unspecified atom stereocenters. The van der Waals surface area contributed by atoms with Crippen LogP contribution in [0.25, 0.3) is 12.2 Å². The van der Waals surface area contributed by atoms with E-state index in [1.54, 1.807) is 26.0 Å². The normalized spacial score (nSPS) is 18.3. The standard InChI is InChI=1S/C33H40N4O8/c1-14-20(7-9-28(40)41)26(34-22(14)11-24-16(3)30(18(5)38)32(44)36-24)13-27-21(8-10-29(42)43)15(2)23(35-27)12-25-17(4)31(19(6)39)33(45)37-25/h11-12,18-19,34-35,38-39H,7-10,13H2,1-6H3,(H,36,44)(H,37,45)(H,40,41)(H,42,43)/b24-11-,25-12-. The van der Waals surface area contributed by atoms with E-state index in [-0.39, 0.29) is 48.6 Å². The number of carboxylic acid groups (broad SMARTS) is 2. The van der Waals surface area contributed by atoms with Gasteiger partial charge in [-0.1, -0.05) is 0 Å². The molecule has 0 saturated carbocycles. The number of amides is 2. The van der Waals surface area contributed by atoms with Crippen LogP contribution in [0.2, 0.25) is 0 Å². The van der Waals surface area contributed by atoms with Gasteiger partial charge in [-0.2, -0.15) is 0 Å². The highest BCUT2D eigenvalue weighted by Crippen LogP contribution is 2.32. The van der Waals surface area contributed by atoms with Gasteiger partial charge < -0.3 is 41.0 Å². The summed E-state index contributed by atoms with van der Waals surface area (Å²) in [6.07, 6.45) is 2.24. The molecular weight excluding hydrogens is 580 g/mol. The number of aromatic amines is 2. The summed E-state index contributed by atoms with van der Waals surface area (Å²) in [5, 5.41) is 44.6. The van der Waals surface area contributed by atoms with Gasteiger partial charge in [-0.05, 0) is 99.9 Å². The van der Waals surface area contributed by atoms with Gasteiger partial charge in [0, 0.05) is 53.4 Å². The lowest BCUT2D eigenvalue weighted by molar-refractivity contribution is -0.138. The minimum absolute atomic E-state index is 0.104. The largest absolute Gasteiger partial charge is 0.481 e. The maximum atomic E-state index is 12.5. The first kappa shape index (κ1) is 33.2. The van der Waals surface area contributed by atoms with E-state index >= 15 is 0 Å². The monoisotopic (exact) mass is 620 g/mol. The Morgan fingerprint density at radius 1 is 0.689 bits per heavy atom. The molecule has 0 aliphatic carbocycles. The lowest BCUT2D eigenvalue weighted by Crippen LogP contribution is -2.21. The van der Waals surface area contributed by atoms with Crippen molar-refractivity contribution in [2.45, 2.75) is 85.9 Å². The molecule has 2 aliphatic rings. The van der Waals surface area contributed by atoms with Crippen LogP contribution in [0.4, 0.5) is 0 Å². The Bertz CT molecular complexity index is 1590. The van der Waals surface area contributed by atoms with Gasteiger partial charge in [-0.25, -0.2) is 0 Å². The van der Waals surface area contributed by atoms with Crippen molar-refractivity contribution in [1.82, 2.24) is 20.6 Å². The molecule has 0 bridgehead atoms. The van der Waals surface area contributed by atoms with Crippen molar-refractivity contribution in [1.29, 1.82) is 0 Å². The van der Waals surface area contributed by atoms with Gasteiger partial charge in [0.15, 0.2) is 0 Å². The second-order valence-corrected chi connectivity index (χ2v) is 11.7. The lowest BCUT2D eigenvalue weighted by Gasteiger charge is -2.07. The zero-order valence-electron chi connectivity index (χ0n) is 26.3. The van der Waals surface area contributed by atoms with Gasteiger partial charge in [-0.3, -0.25) is 19.2 Å². The van der Waals surface area contributed by atoms with Crippen molar-refractivity contribution in [3.8, 4) is 0 Å². The molecule has 0 aromatic carbocycles. The summed E-state index contributed by atoms with van der Waals surface area (Å²) < 4.78 is 0. The first-order valence-electron chi connectivity index (χ1n) is 14.8. The second kappa shape index (κ2) is 13.1. The summed E-state index contributed by atoms with van der Waals surface area (Å²) >= 11 is 0. The lowest BCUT2D eigenvalue weighted by atomic mass is 9.98. The molecule has 12 nitrogen and oxygen atoms in total. The maximum absolute atomic E-state index is 12.5. The summed E-state index contributed by atoms with van der Waals surface area (Å²) in [6.45, 7) is 10.3. The first-order chi connectivity index (χ1) is 21.1. The summed E-state index contributed by atoms with van der Waals surface area (Å²) in [6, 6.07) is 0. The summed E-state index contributed by atoms with van der Waals surface area (Å²) in [7, 11) is 0. The molecule has 4 heterocycles. The number of carbonyl (C=O) groups is 4. The molecule has 0 fully saturated rings. The number of rotatable bonds is 12. The van der Waals surface area contributed by atoms with Gasteiger partial charge in [0.2, 0.25) is 0 Å². The number of aliphatic carboxylic acids is 2. The first-order valence-corrected chi connectivity index (χ1v) is 14.8. The highest BCUT2D eigenvalue weighted by molar-refractivity contribution is 6.02. The molecule has 2 aromatic heterocycles. The minimum atomic E-state index is -0.949. The Hall–Kier alpha value is -4.68. The minimum Gasteiger partial charge on any atom is -0.481 e. The molecular formula is C33H40N4O8. The number of hydrogen-bond donors (Lipinski definition) is 8. The van der Waals surface area contributed by atoms with Crippen LogP contribution in [0.1, 0.15) is 85.6 Å². The predicted octanol–water partition coefficient (Wildman–Crippen LogP) is 2.92. The molecule has 12 heteroatoms. The topological polar surface area (TPSA) is 205 Å². The fourth-order valence-corrected chi connectivity index (χ4v) is 6.13. The number of aliphatic hydroxyl groups excluding tert-OH is 2. The van der Waals surface area contributed by atoms with Crippen LogP contribution in [0, 0.1) is 13.8 Å². The summed E-state index contributed by atoms with van der Waals surface area (Å²) in [5.41, 5.74) is 8.89. The Morgan fingerprint density at radius 3 is 1.33 bits per heavy atom. The second-order valence-electron chi connectivity index (χ2n) is 11.7. The van der Waals surface area contributed by atoms with Gasteiger partial charge in [0.1, 0.15) is 0 Å². The Labute approximate surface area is 260 Å². The van der Waals surface area contributed by atoms with Gasteiger partial charge in [-0.15, -0.1) is 0 Å². The number of allylic oxidation sites excluding steroid dienone is 2. The third kappa shape index (κ3) is 6.86.